The van der Waals surface area contributed by atoms with E-state index in [-0.39, 0.29) is 5.48 Å². The van der Waals surface area contributed by atoms with Crippen molar-refractivity contribution < 1.29 is 35.6 Å². The van der Waals surface area contributed by atoms with Crippen LogP contribution in [0, 0.1) is 0 Å². The fraction of sp³-hybridized carbons (Fsp3) is 0.143. The predicted molar refractivity (Wildman–Crippen MR) is 98.1 cm³/mol. The second kappa shape index (κ2) is 13.8. The Morgan fingerprint density at radius 2 is 0.875 bits per heavy atom. The van der Waals surface area contributed by atoms with Crippen LogP contribution < -0.4 is 20.9 Å². The molecule has 0 unspecified atom stereocenters. The van der Waals surface area contributed by atoms with E-state index < -0.39 is 9.20 Å². The van der Waals surface area contributed by atoms with Crippen LogP contribution in [0.1, 0.15) is 0 Å². The van der Waals surface area contributed by atoms with Crippen LogP contribution in [0.5, 0.6) is 11.5 Å². The van der Waals surface area contributed by atoms with E-state index in [1.165, 1.54) is 0 Å². The van der Waals surface area contributed by atoms with Gasteiger partial charge in [-0.2, -0.15) is 0 Å². The van der Waals surface area contributed by atoms with Gasteiger partial charge >= 0.3 is 49.6 Å². The van der Waals surface area contributed by atoms with Crippen LogP contribution >= 0.6 is 40.4 Å². The molecule has 2 rings (SSSR count). The van der Waals surface area contributed by atoms with Gasteiger partial charge in [-0.25, -0.2) is 0 Å². The minimum absolute atomic E-state index is 0. The van der Waals surface area contributed by atoms with E-state index in [1.807, 2.05) is 48.5 Å². The number of rotatable bonds is 2. The van der Waals surface area contributed by atoms with Gasteiger partial charge in [0.2, 0.25) is 0 Å². The zero-order valence-electron chi connectivity index (χ0n) is 13.2. The Kier molecular flexibility index (Phi) is 14.9. The first-order valence-corrected chi connectivity index (χ1v) is 11.2. The van der Waals surface area contributed by atoms with Gasteiger partial charge in [0, 0.05) is 24.3 Å². The van der Waals surface area contributed by atoms with Crippen molar-refractivity contribution in [3.63, 3.8) is 0 Å². The first kappa shape index (κ1) is 25.8. The van der Waals surface area contributed by atoms with Crippen molar-refractivity contribution in [2.75, 3.05) is 14.2 Å². The molecule has 0 amide bonds. The maximum atomic E-state index is 4.94. The Morgan fingerprint density at radius 3 is 1.04 bits per heavy atom. The third kappa shape index (κ3) is 16.5. The summed E-state index contributed by atoms with van der Waals surface area (Å²) in [5.74, 6) is 1.75. The van der Waals surface area contributed by atoms with Gasteiger partial charge in [0.15, 0.2) is 0 Å². The second-order valence-corrected chi connectivity index (χ2v) is 13.3. The molecule has 145 valence electrons. The van der Waals surface area contributed by atoms with Crippen LogP contribution in [0.25, 0.3) is 0 Å². The molecule has 0 atom stereocenters. The molecule has 0 fully saturated rings. The number of quaternary nitrogens is 2. The molecule has 8 N–H and O–H groups in total. The number of benzene rings is 2. The topological polar surface area (TPSA) is 105 Å². The van der Waals surface area contributed by atoms with Gasteiger partial charge in [-0.15, -0.1) is 0 Å². The zero-order valence-corrected chi connectivity index (χ0v) is 17.1. The van der Waals surface area contributed by atoms with E-state index in [2.05, 4.69) is 11.5 Å². The first-order valence-electron chi connectivity index (χ1n) is 6.03. The molecule has 0 saturated heterocycles. The number of hydrogen-bond donors (Lipinski definition) is 2. The summed E-state index contributed by atoms with van der Waals surface area (Å²) in [7, 11) is 20.7. The van der Waals surface area contributed by atoms with Gasteiger partial charge in [0.25, 0.3) is 0 Å². The van der Waals surface area contributed by atoms with Crippen molar-refractivity contribution in [3.8, 4) is 11.5 Å². The van der Waals surface area contributed by atoms with E-state index in [4.69, 9.17) is 49.9 Å². The van der Waals surface area contributed by atoms with E-state index >= 15 is 0 Å². The number of methoxy groups -OCH3 is 2. The van der Waals surface area contributed by atoms with Gasteiger partial charge in [-0.3, -0.25) is 0 Å². The fourth-order valence-electron chi connectivity index (χ4n) is 1.25. The average Bonchev–Trinajstić information content (AvgIpc) is 2.48. The summed E-state index contributed by atoms with van der Waals surface area (Å²) in [6.07, 6.45) is 0. The molecule has 0 bridgehead atoms. The number of ether oxygens (including phenoxy) is 2. The van der Waals surface area contributed by atoms with Crippen LogP contribution in [0.4, 0.5) is 11.4 Å². The molecule has 0 aliphatic rings. The Morgan fingerprint density at radius 1 is 0.667 bits per heavy atom. The van der Waals surface area contributed by atoms with E-state index in [0.29, 0.717) is 0 Å². The molecule has 2 aromatic carbocycles. The molecule has 0 radical (unpaired) electrons. The molecular weight excluding hydrogens is 450 g/mol. The Balaban J connectivity index is 0. The molecule has 10 heteroatoms. The molecule has 2 aromatic rings. The van der Waals surface area contributed by atoms with Gasteiger partial charge in [-0.1, -0.05) is 0 Å². The van der Waals surface area contributed by atoms with Crippen molar-refractivity contribution in [2.45, 2.75) is 0 Å². The summed E-state index contributed by atoms with van der Waals surface area (Å²) >= 11 is 0. The molecule has 0 saturated carbocycles. The number of halogens is 4. The Hall–Kier alpha value is -0.401. The van der Waals surface area contributed by atoms with Crippen molar-refractivity contribution in [3.05, 3.63) is 48.5 Å². The first-order chi connectivity index (χ1) is 10.7. The predicted octanol–water partition coefficient (Wildman–Crippen LogP) is 3.07. The summed E-state index contributed by atoms with van der Waals surface area (Å²) in [6.45, 7) is 0. The third-order valence-electron chi connectivity index (χ3n) is 2.32. The molecule has 0 aromatic heterocycles. The van der Waals surface area contributed by atoms with Gasteiger partial charge in [-0.05, 0) is 24.3 Å². The van der Waals surface area contributed by atoms with Crippen LogP contribution in [0.15, 0.2) is 48.5 Å². The van der Waals surface area contributed by atoms with Crippen LogP contribution in [-0.2, 0) is 9.20 Å². The maximum absolute atomic E-state index is 4.94. The van der Waals surface area contributed by atoms with Crippen molar-refractivity contribution in [2.24, 2.45) is 0 Å². The van der Waals surface area contributed by atoms with E-state index in [1.54, 1.807) is 14.2 Å². The van der Waals surface area contributed by atoms with Gasteiger partial charge in [0.1, 0.15) is 22.9 Å². The molecular formula is C14H22Cl4CuN2O3. The van der Waals surface area contributed by atoms with Crippen LogP contribution in [0.3, 0.4) is 0 Å². The SMILES string of the molecule is COc1ccc([NH3+])cc1.COc1ccc([NH3+])cc1.O.[Cl][Cu-2]([Cl])([Cl])[Cl]. The van der Waals surface area contributed by atoms with Crippen LogP contribution in [-0.4, -0.2) is 19.7 Å². The van der Waals surface area contributed by atoms with E-state index in [0.717, 1.165) is 22.9 Å². The second-order valence-electron chi connectivity index (χ2n) is 3.95. The molecule has 0 aliphatic carbocycles. The fourth-order valence-corrected chi connectivity index (χ4v) is 1.25. The van der Waals surface area contributed by atoms with E-state index in [9.17, 15) is 0 Å². The Labute approximate surface area is 161 Å². The molecule has 5 nitrogen and oxygen atoms in total. The van der Waals surface area contributed by atoms with Crippen LogP contribution in [0.2, 0.25) is 0 Å². The Bertz CT molecular complexity index is 500. The van der Waals surface area contributed by atoms with Crippen molar-refractivity contribution in [1.82, 2.24) is 0 Å². The molecule has 0 spiro atoms. The zero-order chi connectivity index (χ0) is 17.9. The quantitative estimate of drug-likeness (QED) is 0.657. The standard InChI is InChI=1S/2C7H9NO.4ClH.Cu.H2O/c2*1-9-7-4-2-6(8)3-5-7;;;;;;/h2*2-5H,8H2,1H3;4*1H;;1H2/q;;;;;;+2;/p-2. The molecule has 0 heterocycles. The van der Waals surface area contributed by atoms with Crippen molar-refractivity contribution in [1.29, 1.82) is 0 Å². The number of hydrogen-bond acceptors (Lipinski definition) is 2. The molecule has 0 aliphatic heterocycles. The molecule has 24 heavy (non-hydrogen) atoms. The monoisotopic (exact) mass is 469 g/mol. The summed E-state index contributed by atoms with van der Waals surface area (Å²) in [5, 5.41) is 0. The normalized spacial score (nSPS) is 10.0. The summed E-state index contributed by atoms with van der Waals surface area (Å²) in [6, 6.07) is 15.2. The summed E-state index contributed by atoms with van der Waals surface area (Å²) in [5.41, 5.74) is 9.50. The average molecular weight is 472 g/mol. The van der Waals surface area contributed by atoms with Gasteiger partial charge in [0.05, 0.1) is 14.2 Å². The van der Waals surface area contributed by atoms with Crippen molar-refractivity contribution >= 4 is 51.8 Å². The third-order valence-corrected chi connectivity index (χ3v) is 2.32. The minimum atomic E-state index is -2.24. The summed E-state index contributed by atoms with van der Waals surface area (Å²) in [4.78, 5) is 0. The summed E-state index contributed by atoms with van der Waals surface area (Å²) < 4.78 is 9.88. The van der Waals surface area contributed by atoms with Gasteiger partial charge < -0.3 is 26.4 Å².